The molecule has 1 aliphatic heterocycles. The van der Waals surface area contributed by atoms with Crippen molar-refractivity contribution in [2.45, 2.75) is 29.8 Å². The third-order valence-electron chi connectivity index (χ3n) is 5.88. The van der Waals surface area contributed by atoms with Gasteiger partial charge in [0.25, 0.3) is 0 Å². The summed E-state index contributed by atoms with van der Waals surface area (Å²) in [5.74, 6) is -0.716. The highest BCUT2D eigenvalue weighted by Gasteiger charge is 2.80. The summed E-state index contributed by atoms with van der Waals surface area (Å²) in [6, 6.07) is 13.5. The van der Waals surface area contributed by atoms with E-state index in [-0.39, 0.29) is 5.78 Å². The van der Waals surface area contributed by atoms with E-state index >= 15 is 0 Å². The number of carbonyl (C=O) groups is 1. The molecule has 1 saturated carbocycles. The third-order valence-corrected chi connectivity index (χ3v) is 11.6. The lowest BCUT2D eigenvalue weighted by Crippen LogP contribution is -2.71. The van der Waals surface area contributed by atoms with Gasteiger partial charge in [0.2, 0.25) is 4.93 Å². The number of carbonyl (C=O) groups excluding carboxylic acids is 1. The minimum absolute atomic E-state index is 0.0687. The van der Waals surface area contributed by atoms with Crippen molar-refractivity contribution in [2.75, 3.05) is 0 Å². The molecular weight excluding hydrogens is 439 g/mol. The second-order valence-electron chi connectivity index (χ2n) is 7.60. The molecule has 4 atom stereocenters. The highest BCUT2D eigenvalue weighted by atomic mass is 35.5. The lowest BCUT2D eigenvalue weighted by atomic mass is 9.62. The quantitative estimate of drug-likeness (QED) is 0.663. The van der Waals surface area contributed by atoms with Crippen molar-refractivity contribution in [1.29, 1.82) is 0 Å². The zero-order valence-corrected chi connectivity index (χ0v) is 18.5. The van der Waals surface area contributed by atoms with Crippen LogP contribution in [0.15, 0.2) is 48.5 Å². The van der Waals surface area contributed by atoms with Crippen LogP contribution in [-0.2, 0) is 35.8 Å². The Kier molecular flexibility index (Phi) is 4.68. The number of rotatable bonds is 2. The Labute approximate surface area is 178 Å². The molecule has 0 bridgehead atoms. The van der Waals surface area contributed by atoms with Crippen molar-refractivity contribution in [3.63, 3.8) is 0 Å². The molecule has 1 saturated heterocycles. The Bertz CT molecular complexity index is 972. The van der Waals surface area contributed by atoms with Gasteiger partial charge in [-0.2, -0.15) is 0 Å². The van der Waals surface area contributed by atoms with Crippen LogP contribution in [0.1, 0.15) is 31.9 Å². The predicted octanol–water partition coefficient (Wildman–Crippen LogP) is 4.58. The molecule has 1 spiro atoms. The standard InChI is InChI=1S/C20H18Cl2O4S2/c1-12-17(23)18(2,3)20(12)27(24)19(26-28(20)25,13-4-8-15(21)9-5-13)14-6-10-16(22)11-7-14/h4-12H,1-3H3. The first-order valence-electron chi connectivity index (χ1n) is 8.70. The van der Waals surface area contributed by atoms with Crippen LogP contribution in [0.25, 0.3) is 0 Å². The van der Waals surface area contributed by atoms with E-state index in [9.17, 15) is 13.2 Å². The first-order chi connectivity index (χ1) is 13.1. The van der Waals surface area contributed by atoms with Crippen molar-refractivity contribution in [3.8, 4) is 0 Å². The van der Waals surface area contributed by atoms with Gasteiger partial charge in [-0.15, -0.1) is 0 Å². The van der Waals surface area contributed by atoms with E-state index in [0.717, 1.165) is 0 Å². The van der Waals surface area contributed by atoms with Gasteiger partial charge in [-0.1, -0.05) is 68.2 Å². The molecule has 4 unspecified atom stereocenters. The van der Waals surface area contributed by atoms with E-state index in [2.05, 4.69) is 0 Å². The van der Waals surface area contributed by atoms with E-state index in [4.69, 9.17) is 27.4 Å². The van der Waals surface area contributed by atoms with Gasteiger partial charge >= 0.3 is 0 Å². The molecule has 0 amide bonds. The lowest BCUT2D eigenvalue weighted by Gasteiger charge is -2.53. The molecule has 1 heterocycles. The SMILES string of the molecule is CC1C(=O)C(C)(C)C12S(=O)OC(c1ccc(Cl)cc1)(c1ccc(Cl)cc1)S2=O. The van der Waals surface area contributed by atoms with E-state index in [1.54, 1.807) is 69.3 Å². The van der Waals surface area contributed by atoms with E-state index in [0.29, 0.717) is 21.2 Å². The molecule has 1 aliphatic carbocycles. The van der Waals surface area contributed by atoms with E-state index in [1.165, 1.54) is 0 Å². The molecular formula is C20H18Cl2O4S2. The summed E-state index contributed by atoms with van der Waals surface area (Å²) in [6.07, 6.45) is 0. The first kappa shape index (κ1) is 20.2. The zero-order valence-electron chi connectivity index (χ0n) is 15.4. The van der Waals surface area contributed by atoms with Gasteiger partial charge in [-0.25, -0.2) is 4.21 Å². The second-order valence-corrected chi connectivity index (χ2v) is 11.8. The fourth-order valence-corrected chi connectivity index (χ4v) is 9.58. The highest BCUT2D eigenvalue weighted by molar-refractivity contribution is 8.05. The van der Waals surface area contributed by atoms with Crippen LogP contribution >= 0.6 is 23.2 Å². The first-order valence-corrected chi connectivity index (χ1v) is 11.7. The Morgan fingerprint density at radius 1 is 0.893 bits per heavy atom. The second kappa shape index (κ2) is 6.47. The average Bonchev–Trinajstić information content (AvgIpc) is 2.91. The monoisotopic (exact) mass is 456 g/mol. The van der Waals surface area contributed by atoms with Crippen molar-refractivity contribution in [1.82, 2.24) is 0 Å². The Morgan fingerprint density at radius 3 is 1.71 bits per heavy atom. The Hall–Kier alpha value is -1.05. The summed E-state index contributed by atoms with van der Waals surface area (Å²) < 4.78 is 32.3. The van der Waals surface area contributed by atoms with Crippen LogP contribution in [0.4, 0.5) is 0 Å². The molecule has 0 N–H and O–H groups in total. The van der Waals surface area contributed by atoms with Crippen molar-refractivity contribution in [2.24, 2.45) is 11.3 Å². The number of ketones is 1. The zero-order chi connectivity index (χ0) is 20.5. The van der Waals surface area contributed by atoms with Gasteiger partial charge in [0.15, 0.2) is 15.2 Å². The van der Waals surface area contributed by atoms with E-state index in [1.807, 2.05) is 0 Å². The average molecular weight is 457 g/mol. The minimum atomic E-state index is -1.96. The highest BCUT2D eigenvalue weighted by Crippen LogP contribution is 2.65. The fourth-order valence-electron chi connectivity index (χ4n) is 4.38. The number of halogens is 2. The van der Waals surface area contributed by atoms with Crippen molar-refractivity contribution < 1.29 is 17.4 Å². The predicted molar refractivity (Wildman–Crippen MR) is 112 cm³/mol. The molecule has 8 heteroatoms. The van der Waals surface area contributed by atoms with Gasteiger partial charge < -0.3 is 0 Å². The van der Waals surface area contributed by atoms with Gasteiger partial charge in [0.05, 0.1) is 16.2 Å². The Balaban J connectivity index is 1.99. The minimum Gasteiger partial charge on any atom is -0.299 e. The maximum Gasteiger partial charge on any atom is 0.211 e. The Morgan fingerprint density at radius 2 is 1.32 bits per heavy atom. The summed E-state index contributed by atoms with van der Waals surface area (Å²) in [6.45, 7) is 5.05. The number of hydrogen-bond acceptors (Lipinski definition) is 4. The summed E-state index contributed by atoms with van der Waals surface area (Å²) in [5.41, 5.74) is 0.0817. The molecule has 0 radical (unpaired) electrons. The number of hydrogen-bond donors (Lipinski definition) is 0. The fraction of sp³-hybridized carbons (Fsp3) is 0.350. The molecule has 2 fully saturated rings. The summed E-state index contributed by atoms with van der Waals surface area (Å²) >= 11 is 10.1. The number of Topliss-reactive ketones (excluding diaryl/α,β-unsaturated/α-hetero) is 1. The van der Waals surface area contributed by atoms with Gasteiger partial charge in [-0.3, -0.25) is 13.2 Å². The van der Waals surface area contributed by atoms with Gasteiger partial charge in [0, 0.05) is 27.1 Å². The summed E-state index contributed by atoms with van der Waals surface area (Å²) in [7, 11) is -1.83. The topological polar surface area (TPSA) is 60.4 Å². The molecule has 4 rings (SSSR count). The molecule has 0 aromatic heterocycles. The van der Waals surface area contributed by atoms with Crippen LogP contribution in [0.2, 0.25) is 10.0 Å². The largest absolute Gasteiger partial charge is 0.299 e. The van der Waals surface area contributed by atoms with Crippen LogP contribution in [-0.4, -0.2) is 18.3 Å². The molecule has 2 aliphatic rings. The van der Waals surface area contributed by atoms with E-state index < -0.39 is 42.2 Å². The van der Waals surface area contributed by atoms with Gasteiger partial charge in [0.1, 0.15) is 5.78 Å². The number of benzene rings is 2. The maximum absolute atomic E-state index is 14.2. The van der Waals surface area contributed by atoms with Crippen molar-refractivity contribution in [3.05, 3.63) is 69.7 Å². The van der Waals surface area contributed by atoms with Crippen LogP contribution in [0.5, 0.6) is 0 Å². The van der Waals surface area contributed by atoms with Gasteiger partial charge in [-0.05, 0) is 24.3 Å². The summed E-state index contributed by atoms with van der Waals surface area (Å²) in [4.78, 5) is 11.1. The van der Waals surface area contributed by atoms with Crippen molar-refractivity contribution >= 4 is 50.9 Å². The van der Waals surface area contributed by atoms with Crippen LogP contribution in [0.3, 0.4) is 0 Å². The third kappa shape index (κ3) is 2.30. The smallest absolute Gasteiger partial charge is 0.211 e. The molecule has 148 valence electrons. The summed E-state index contributed by atoms with van der Waals surface area (Å²) in [5, 5.41) is 1.03. The molecule has 28 heavy (non-hydrogen) atoms. The maximum atomic E-state index is 14.2. The lowest BCUT2D eigenvalue weighted by molar-refractivity contribution is -0.143. The molecule has 2 aromatic carbocycles. The van der Waals surface area contributed by atoms with Crippen LogP contribution in [0, 0.1) is 11.3 Å². The molecule has 4 nitrogen and oxygen atoms in total. The van der Waals surface area contributed by atoms with Crippen LogP contribution < -0.4 is 0 Å². The normalized spacial score (nSPS) is 33.0. The molecule has 2 aromatic rings.